The lowest BCUT2D eigenvalue weighted by atomic mass is 9.97. The molecule has 1 aliphatic rings. The zero-order valence-corrected chi connectivity index (χ0v) is 18.3. The third-order valence-electron chi connectivity index (χ3n) is 5.03. The molecule has 2 aromatic heterocycles. The van der Waals surface area contributed by atoms with Gasteiger partial charge < -0.3 is 34.5 Å². The number of nitrogens with one attached hydrogen (secondary N) is 1. The second-order valence-electron chi connectivity index (χ2n) is 8.80. The van der Waals surface area contributed by atoms with Gasteiger partial charge in [-0.15, -0.1) is 0 Å². The van der Waals surface area contributed by atoms with Crippen molar-refractivity contribution in [1.29, 1.82) is 0 Å². The first kappa shape index (κ1) is 23.1. The molecular weight excluding hydrogens is 417 g/mol. The Morgan fingerprint density at radius 2 is 1.93 bits per heavy atom. The van der Waals surface area contributed by atoms with Crippen molar-refractivity contribution < 1.29 is 34.0 Å². The molecule has 0 saturated carbocycles. The maximum Gasteiger partial charge on any atom is 0.359 e. The predicted molar refractivity (Wildman–Crippen MR) is 107 cm³/mol. The van der Waals surface area contributed by atoms with Gasteiger partial charge in [0.2, 0.25) is 0 Å². The molecule has 3 rings (SSSR count). The van der Waals surface area contributed by atoms with Crippen LogP contribution in [0.4, 0.5) is 0 Å². The Morgan fingerprint density at radius 3 is 2.53 bits per heavy atom. The molecular formula is C18H28N3O8P. The molecule has 2 aromatic rings. The van der Waals surface area contributed by atoms with Crippen molar-refractivity contribution in [3.63, 3.8) is 0 Å². The lowest BCUT2D eigenvalue weighted by Gasteiger charge is -2.34. The summed E-state index contributed by atoms with van der Waals surface area (Å²) in [6, 6.07) is 1.78. The predicted octanol–water partition coefficient (Wildman–Crippen LogP) is 0.751. The van der Waals surface area contributed by atoms with Gasteiger partial charge in [-0.25, -0.2) is 4.79 Å². The molecule has 5 atom stereocenters. The van der Waals surface area contributed by atoms with Crippen LogP contribution >= 0.6 is 7.60 Å². The van der Waals surface area contributed by atoms with E-state index in [0.29, 0.717) is 11.0 Å². The van der Waals surface area contributed by atoms with Gasteiger partial charge in [0.05, 0.1) is 11.7 Å². The summed E-state index contributed by atoms with van der Waals surface area (Å²) in [5.74, 6) is 0. The van der Waals surface area contributed by atoms with Crippen molar-refractivity contribution in [2.45, 2.75) is 76.5 Å². The van der Waals surface area contributed by atoms with Crippen LogP contribution in [-0.2, 0) is 13.8 Å². The number of aromatic amines is 1. The molecule has 30 heavy (non-hydrogen) atoms. The summed E-state index contributed by atoms with van der Waals surface area (Å²) in [6.07, 6.45) is -3.62. The van der Waals surface area contributed by atoms with Gasteiger partial charge in [0, 0.05) is 23.7 Å². The van der Waals surface area contributed by atoms with Crippen LogP contribution in [0, 0.1) is 6.92 Å². The number of H-pyrrole nitrogens is 1. The van der Waals surface area contributed by atoms with Gasteiger partial charge in [-0.3, -0.25) is 9.13 Å². The number of hydrogen-bond acceptors (Lipinski definition) is 8. The van der Waals surface area contributed by atoms with Gasteiger partial charge >= 0.3 is 13.3 Å². The maximum absolute atomic E-state index is 12.4. The van der Waals surface area contributed by atoms with Crippen LogP contribution in [0.15, 0.2) is 17.1 Å². The Kier molecular flexibility index (Phi) is 5.79. The number of rotatable bonds is 6. The molecule has 11 nitrogen and oxygen atoms in total. The van der Waals surface area contributed by atoms with E-state index in [0.717, 1.165) is 24.1 Å². The van der Waals surface area contributed by atoms with E-state index < -0.39 is 48.8 Å². The summed E-state index contributed by atoms with van der Waals surface area (Å²) in [5.41, 5.74) is -0.758. The quantitative estimate of drug-likeness (QED) is 0.403. The number of aliphatic hydroxyl groups is 3. The molecule has 1 saturated heterocycles. The fraction of sp³-hybridized carbons (Fsp3) is 0.667. The minimum Gasteiger partial charge on any atom is -0.388 e. The van der Waals surface area contributed by atoms with E-state index in [1.165, 1.54) is 20.0 Å². The fourth-order valence-corrected chi connectivity index (χ4v) is 4.39. The Morgan fingerprint density at radius 1 is 1.30 bits per heavy atom. The first-order valence-electron chi connectivity index (χ1n) is 9.47. The van der Waals surface area contributed by atoms with E-state index in [1.807, 2.05) is 6.92 Å². The molecule has 3 heterocycles. The van der Waals surface area contributed by atoms with Crippen LogP contribution in [0.3, 0.4) is 0 Å². The summed E-state index contributed by atoms with van der Waals surface area (Å²) in [6.45, 7) is 7.12. The molecule has 2 unspecified atom stereocenters. The van der Waals surface area contributed by atoms with E-state index in [9.17, 15) is 29.6 Å². The molecule has 0 radical (unpaired) electrons. The number of fused-ring (bicyclic) bond motifs is 1. The second-order valence-corrected chi connectivity index (χ2v) is 11.1. The molecule has 12 heteroatoms. The van der Waals surface area contributed by atoms with E-state index in [-0.39, 0.29) is 6.42 Å². The van der Waals surface area contributed by atoms with Crippen LogP contribution in [-0.4, -0.2) is 64.0 Å². The lowest BCUT2D eigenvalue weighted by molar-refractivity contribution is -0.0657. The van der Waals surface area contributed by atoms with E-state index in [1.54, 1.807) is 6.07 Å². The van der Waals surface area contributed by atoms with Crippen LogP contribution in [0.2, 0.25) is 0 Å². The smallest absolute Gasteiger partial charge is 0.359 e. The van der Waals surface area contributed by atoms with Crippen LogP contribution < -0.4 is 5.69 Å². The number of hydrogen-bond donors (Lipinski definition) is 5. The highest BCUT2D eigenvalue weighted by Crippen LogP contribution is 2.57. The standard InChI is InChI=1S/C18H28N3O8P/c1-9-6-10-8-21(16(24)20-14(10)19-9)15-13(23)12(22)11(28-15)7-17(2,3)29-30(26,27)18(4,5)25/h6,8,11-13,15,22-23,25H,7H2,1-5H3,(H,26,27)(H,19,20,24)/t11-,12-,13-,15?/m1/s1. The minimum absolute atomic E-state index is 0.0873. The Balaban J connectivity index is 1.82. The number of aliphatic hydroxyl groups excluding tert-OH is 2. The highest BCUT2D eigenvalue weighted by Gasteiger charge is 2.49. The minimum atomic E-state index is -4.41. The molecule has 0 aliphatic carbocycles. The number of ether oxygens (including phenoxy) is 1. The van der Waals surface area contributed by atoms with Gasteiger partial charge in [-0.05, 0) is 40.7 Å². The van der Waals surface area contributed by atoms with Gasteiger partial charge in [0.15, 0.2) is 11.6 Å². The summed E-state index contributed by atoms with van der Waals surface area (Å²) < 4.78 is 24.4. The van der Waals surface area contributed by atoms with Crippen molar-refractivity contribution in [2.75, 3.05) is 0 Å². The number of nitrogens with zero attached hydrogens (tertiary/aromatic N) is 2. The first-order chi connectivity index (χ1) is 13.6. The largest absolute Gasteiger partial charge is 0.388 e. The first-order valence-corrected chi connectivity index (χ1v) is 11.1. The molecule has 0 bridgehead atoms. The highest BCUT2D eigenvalue weighted by molar-refractivity contribution is 7.54. The Labute approximate surface area is 172 Å². The van der Waals surface area contributed by atoms with Gasteiger partial charge in [0.25, 0.3) is 0 Å². The van der Waals surface area contributed by atoms with Gasteiger partial charge in [-0.1, -0.05) is 0 Å². The summed E-state index contributed by atoms with van der Waals surface area (Å²) >= 11 is 0. The van der Waals surface area contributed by atoms with Crippen LogP contribution in [0.25, 0.3) is 11.0 Å². The molecule has 0 aromatic carbocycles. The Hall–Kier alpha value is -1.59. The lowest BCUT2D eigenvalue weighted by Crippen LogP contribution is -2.38. The van der Waals surface area contributed by atoms with E-state index in [4.69, 9.17) is 9.26 Å². The molecule has 5 N–H and O–H groups in total. The summed E-state index contributed by atoms with van der Waals surface area (Å²) in [7, 11) is -4.41. The summed E-state index contributed by atoms with van der Waals surface area (Å²) in [4.78, 5) is 29.3. The van der Waals surface area contributed by atoms with Crippen LogP contribution in [0.1, 0.15) is 46.0 Å². The third kappa shape index (κ3) is 4.38. The van der Waals surface area contributed by atoms with Crippen molar-refractivity contribution in [2.24, 2.45) is 0 Å². The van der Waals surface area contributed by atoms with Gasteiger partial charge in [0.1, 0.15) is 17.9 Å². The van der Waals surface area contributed by atoms with Crippen molar-refractivity contribution >= 4 is 18.6 Å². The second kappa shape index (κ2) is 7.52. The SMILES string of the molecule is Cc1cc2cn(C3O[C@H](CC(C)(C)OP(=O)(O)C(C)(C)O)[C@@H](O)[C@H]3O)c(=O)nc2[nH]1. The number of aromatic nitrogens is 3. The highest BCUT2D eigenvalue weighted by atomic mass is 31.2. The normalized spacial score (nSPS) is 27.5. The van der Waals surface area contributed by atoms with Gasteiger partial charge in [-0.2, -0.15) is 4.98 Å². The third-order valence-corrected chi connectivity index (χ3v) is 7.16. The van der Waals surface area contributed by atoms with Crippen molar-refractivity contribution in [3.05, 3.63) is 28.4 Å². The fourth-order valence-electron chi connectivity index (χ4n) is 3.42. The van der Waals surface area contributed by atoms with E-state index in [2.05, 4.69) is 9.97 Å². The molecule has 1 aliphatic heterocycles. The average Bonchev–Trinajstić information content (AvgIpc) is 3.05. The molecule has 0 amide bonds. The zero-order chi connectivity index (χ0) is 22.6. The van der Waals surface area contributed by atoms with E-state index >= 15 is 0 Å². The molecule has 168 valence electrons. The Bertz CT molecular complexity index is 1040. The van der Waals surface area contributed by atoms with Crippen molar-refractivity contribution in [3.8, 4) is 0 Å². The maximum atomic E-state index is 12.4. The topological polar surface area (TPSA) is 167 Å². The monoisotopic (exact) mass is 445 g/mol. The van der Waals surface area contributed by atoms with Crippen LogP contribution in [0.5, 0.6) is 0 Å². The average molecular weight is 445 g/mol. The number of aryl methyl sites for hydroxylation is 1. The van der Waals surface area contributed by atoms with Crippen molar-refractivity contribution in [1.82, 2.24) is 14.5 Å². The summed E-state index contributed by atoms with van der Waals surface area (Å²) in [5, 5.41) is 29.5. The molecule has 1 fully saturated rings. The zero-order valence-electron chi connectivity index (χ0n) is 17.4. The molecule has 0 spiro atoms.